The third-order valence-electron chi connectivity index (χ3n) is 2.78. The zero-order valence-electron chi connectivity index (χ0n) is 11.1. The average Bonchev–Trinajstić information content (AvgIpc) is 2.43. The molecule has 0 bridgehead atoms. The molecule has 5 nitrogen and oxygen atoms in total. The van der Waals surface area contributed by atoms with E-state index in [-0.39, 0.29) is 5.91 Å². The van der Waals surface area contributed by atoms with E-state index in [9.17, 15) is 4.79 Å². The van der Waals surface area contributed by atoms with E-state index in [2.05, 4.69) is 10.3 Å². The fraction of sp³-hybridized carbons (Fsp3) is 0.143. The van der Waals surface area contributed by atoms with Crippen LogP contribution in [0.2, 0.25) is 5.15 Å². The summed E-state index contributed by atoms with van der Waals surface area (Å²) >= 11 is 5.84. The van der Waals surface area contributed by atoms with E-state index >= 15 is 0 Å². The topological polar surface area (TPSA) is 77.2 Å². The van der Waals surface area contributed by atoms with Gasteiger partial charge < -0.3 is 15.8 Å². The Morgan fingerprint density at radius 3 is 2.80 bits per heavy atom. The second-order valence-electron chi connectivity index (χ2n) is 4.24. The molecule has 2 aromatic rings. The molecule has 0 radical (unpaired) electrons. The Morgan fingerprint density at radius 2 is 2.15 bits per heavy atom. The van der Waals surface area contributed by atoms with E-state index in [4.69, 9.17) is 22.1 Å². The first-order valence-corrected chi connectivity index (χ1v) is 6.26. The van der Waals surface area contributed by atoms with Gasteiger partial charge in [-0.25, -0.2) is 4.98 Å². The van der Waals surface area contributed by atoms with Crippen LogP contribution in [0.3, 0.4) is 0 Å². The van der Waals surface area contributed by atoms with Crippen LogP contribution < -0.4 is 15.8 Å². The van der Waals surface area contributed by atoms with Gasteiger partial charge in [0, 0.05) is 5.69 Å². The number of ether oxygens (including phenoxy) is 1. The van der Waals surface area contributed by atoms with Crippen LogP contribution >= 0.6 is 11.6 Å². The number of nitrogens with zero attached hydrogens (tertiary/aromatic N) is 1. The van der Waals surface area contributed by atoms with Gasteiger partial charge in [-0.15, -0.1) is 0 Å². The van der Waals surface area contributed by atoms with Gasteiger partial charge in [0.05, 0.1) is 24.6 Å². The number of carbonyl (C=O) groups excluding carboxylic acids is 1. The van der Waals surface area contributed by atoms with E-state index in [0.29, 0.717) is 27.8 Å². The van der Waals surface area contributed by atoms with Gasteiger partial charge in [-0.1, -0.05) is 11.6 Å². The van der Waals surface area contributed by atoms with E-state index in [1.54, 1.807) is 24.3 Å². The highest BCUT2D eigenvalue weighted by Gasteiger charge is 2.12. The van der Waals surface area contributed by atoms with Crippen molar-refractivity contribution >= 4 is 28.9 Å². The molecule has 0 atom stereocenters. The Balaban J connectivity index is 2.25. The minimum absolute atomic E-state index is 0.329. The first-order chi connectivity index (χ1) is 9.51. The molecule has 0 spiro atoms. The molecule has 3 N–H and O–H groups in total. The van der Waals surface area contributed by atoms with Crippen LogP contribution in [0.15, 0.2) is 30.5 Å². The maximum atomic E-state index is 12.2. The van der Waals surface area contributed by atoms with Gasteiger partial charge in [-0.2, -0.15) is 0 Å². The molecule has 0 aliphatic carbocycles. The summed E-state index contributed by atoms with van der Waals surface area (Å²) in [5.74, 6) is 0.236. The number of aromatic nitrogens is 1. The molecule has 0 unspecified atom stereocenters. The highest BCUT2D eigenvalue weighted by atomic mass is 35.5. The lowest BCUT2D eigenvalue weighted by Gasteiger charge is -2.09. The summed E-state index contributed by atoms with van der Waals surface area (Å²) in [6.07, 6.45) is 1.49. The molecule has 1 aromatic carbocycles. The summed E-state index contributed by atoms with van der Waals surface area (Å²) in [7, 11) is 1.53. The third kappa shape index (κ3) is 3.00. The van der Waals surface area contributed by atoms with Crippen molar-refractivity contribution in [2.24, 2.45) is 0 Å². The summed E-state index contributed by atoms with van der Waals surface area (Å²) < 4.78 is 5.08. The predicted octanol–water partition coefficient (Wildman–Crippen LogP) is 2.89. The zero-order chi connectivity index (χ0) is 14.7. The van der Waals surface area contributed by atoms with Crippen molar-refractivity contribution in [2.75, 3.05) is 18.2 Å². The molecule has 20 heavy (non-hydrogen) atoms. The summed E-state index contributed by atoms with van der Waals surface area (Å²) in [6.45, 7) is 1.81. The van der Waals surface area contributed by atoms with E-state index in [1.165, 1.54) is 13.3 Å². The van der Waals surface area contributed by atoms with Crippen molar-refractivity contribution in [2.45, 2.75) is 6.92 Å². The normalized spacial score (nSPS) is 10.2. The molecule has 2 rings (SSSR count). The minimum Gasteiger partial charge on any atom is -0.497 e. The monoisotopic (exact) mass is 291 g/mol. The first kappa shape index (κ1) is 14.1. The molecular weight excluding hydrogens is 278 g/mol. The molecule has 1 amide bonds. The second-order valence-corrected chi connectivity index (χ2v) is 4.60. The lowest BCUT2D eigenvalue weighted by atomic mass is 10.1. The molecule has 1 heterocycles. The second kappa shape index (κ2) is 5.79. The number of anilines is 2. The predicted molar refractivity (Wildman–Crippen MR) is 79.3 cm³/mol. The number of benzene rings is 1. The van der Waals surface area contributed by atoms with Crippen LogP contribution in [0, 0.1) is 6.92 Å². The average molecular weight is 292 g/mol. The Morgan fingerprint density at radius 1 is 1.40 bits per heavy atom. The van der Waals surface area contributed by atoms with Crippen molar-refractivity contribution in [1.29, 1.82) is 0 Å². The number of nitrogen functional groups attached to an aromatic ring is 1. The van der Waals surface area contributed by atoms with Crippen molar-refractivity contribution < 1.29 is 9.53 Å². The number of nitrogens with two attached hydrogens (primary N) is 1. The Bertz CT molecular complexity index is 659. The van der Waals surface area contributed by atoms with Gasteiger partial charge in [0.2, 0.25) is 0 Å². The minimum atomic E-state index is -0.329. The van der Waals surface area contributed by atoms with Gasteiger partial charge in [0.15, 0.2) is 0 Å². The van der Waals surface area contributed by atoms with Crippen LogP contribution in [0.5, 0.6) is 5.75 Å². The number of pyridine rings is 1. The molecule has 6 heteroatoms. The van der Waals surface area contributed by atoms with Gasteiger partial charge in [0.1, 0.15) is 10.9 Å². The van der Waals surface area contributed by atoms with Gasteiger partial charge in [-0.05, 0) is 36.8 Å². The molecule has 0 saturated carbocycles. The van der Waals surface area contributed by atoms with Crippen molar-refractivity contribution in [3.8, 4) is 5.75 Å². The Labute approximate surface area is 121 Å². The zero-order valence-corrected chi connectivity index (χ0v) is 11.9. The summed E-state index contributed by atoms with van der Waals surface area (Å²) in [5, 5.41) is 3.13. The highest BCUT2D eigenvalue weighted by molar-refractivity contribution is 6.30. The number of halogens is 1. The number of aryl methyl sites for hydroxylation is 1. The highest BCUT2D eigenvalue weighted by Crippen LogP contribution is 2.22. The molecule has 104 valence electrons. The molecule has 1 aromatic heterocycles. The smallest absolute Gasteiger partial charge is 0.257 e. The molecule has 0 saturated heterocycles. The van der Waals surface area contributed by atoms with Gasteiger partial charge >= 0.3 is 0 Å². The fourth-order valence-corrected chi connectivity index (χ4v) is 1.79. The largest absolute Gasteiger partial charge is 0.497 e. The van der Waals surface area contributed by atoms with E-state index in [0.717, 1.165) is 5.56 Å². The van der Waals surface area contributed by atoms with E-state index < -0.39 is 0 Å². The first-order valence-electron chi connectivity index (χ1n) is 5.88. The van der Waals surface area contributed by atoms with Crippen LogP contribution in [-0.2, 0) is 0 Å². The summed E-state index contributed by atoms with van der Waals surface area (Å²) in [5.41, 5.74) is 7.86. The molecular formula is C14H14ClN3O2. The van der Waals surface area contributed by atoms with Crippen LogP contribution in [0.1, 0.15) is 15.9 Å². The van der Waals surface area contributed by atoms with Crippen molar-refractivity contribution in [3.63, 3.8) is 0 Å². The lowest BCUT2D eigenvalue weighted by Crippen LogP contribution is -2.14. The number of carbonyl (C=O) groups is 1. The number of rotatable bonds is 3. The summed E-state index contributed by atoms with van der Waals surface area (Å²) in [4.78, 5) is 16.2. The SMILES string of the molecule is COc1ccc(N)c(C(=O)Nc2cnc(Cl)c(C)c2)c1. The summed E-state index contributed by atoms with van der Waals surface area (Å²) in [6, 6.07) is 6.64. The lowest BCUT2D eigenvalue weighted by molar-refractivity contribution is 0.102. The standard InChI is InChI=1S/C14H14ClN3O2/c1-8-5-9(7-17-13(8)15)18-14(19)11-6-10(20-2)3-4-12(11)16/h3-7H,16H2,1-2H3,(H,18,19). The van der Waals surface area contributed by atoms with Crippen molar-refractivity contribution in [3.05, 3.63) is 46.7 Å². The van der Waals surface area contributed by atoms with Gasteiger partial charge in [-0.3, -0.25) is 4.79 Å². The quantitative estimate of drug-likeness (QED) is 0.673. The number of amides is 1. The number of hydrogen-bond acceptors (Lipinski definition) is 4. The van der Waals surface area contributed by atoms with Gasteiger partial charge in [0.25, 0.3) is 5.91 Å². The maximum absolute atomic E-state index is 12.2. The Hall–Kier alpha value is -2.27. The molecule has 0 aliphatic rings. The third-order valence-corrected chi connectivity index (χ3v) is 3.17. The number of methoxy groups -OCH3 is 1. The Kier molecular flexibility index (Phi) is 4.10. The number of nitrogens with one attached hydrogen (secondary N) is 1. The maximum Gasteiger partial charge on any atom is 0.257 e. The van der Waals surface area contributed by atoms with Crippen molar-refractivity contribution in [1.82, 2.24) is 4.98 Å². The fourth-order valence-electron chi connectivity index (χ4n) is 1.68. The number of hydrogen-bond donors (Lipinski definition) is 2. The van der Waals surface area contributed by atoms with Crippen LogP contribution in [0.4, 0.5) is 11.4 Å². The molecule has 0 fully saturated rings. The van der Waals surface area contributed by atoms with Crippen LogP contribution in [0.25, 0.3) is 0 Å². The van der Waals surface area contributed by atoms with E-state index in [1.807, 2.05) is 6.92 Å². The molecule has 0 aliphatic heterocycles. The van der Waals surface area contributed by atoms with Crippen LogP contribution in [-0.4, -0.2) is 18.0 Å².